The van der Waals surface area contributed by atoms with Crippen LogP contribution in [-0.4, -0.2) is 42.9 Å². The van der Waals surface area contributed by atoms with E-state index in [0.29, 0.717) is 21.7 Å². The van der Waals surface area contributed by atoms with Gasteiger partial charge in [0.25, 0.3) is 0 Å². The van der Waals surface area contributed by atoms with Crippen LogP contribution in [0.1, 0.15) is 20.8 Å². The lowest BCUT2D eigenvalue weighted by atomic mass is 10.1. The van der Waals surface area contributed by atoms with Crippen LogP contribution in [0.25, 0.3) is 0 Å². The molecule has 0 aromatic heterocycles. The lowest BCUT2D eigenvalue weighted by Gasteiger charge is -2.20. The maximum atomic E-state index is 12.0. The van der Waals surface area contributed by atoms with Gasteiger partial charge in [0.15, 0.2) is 0 Å². The Kier molecular flexibility index (Phi) is 7.82. The standard InChI is InChI=1S/C16H23Cl2N3O2/c1-10(2)11(3)19-15(22)8-21(4)9-16(23)20-12-5-6-13(17)14(18)7-12/h5-7,10-11H,8-9H2,1-4H3,(H,19,22)(H,20,23)/t11-/m0/s1. The number of nitrogens with zero attached hydrogens (tertiary/aromatic N) is 1. The molecule has 0 aliphatic heterocycles. The van der Waals surface area contributed by atoms with E-state index < -0.39 is 0 Å². The number of benzene rings is 1. The van der Waals surface area contributed by atoms with E-state index in [4.69, 9.17) is 23.2 Å². The number of halogens is 2. The minimum atomic E-state index is -0.226. The zero-order valence-electron chi connectivity index (χ0n) is 13.8. The fraction of sp³-hybridized carbons (Fsp3) is 0.500. The molecule has 23 heavy (non-hydrogen) atoms. The van der Waals surface area contributed by atoms with Gasteiger partial charge in [0, 0.05) is 11.7 Å². The summed E-state index contributed by atoms with van der Waals surface area (Å²) in [7, 11) is 1.72. The molecule has 0 aliphatic carbocycles. The molecule has 0 heterocycles. The van der Waals surface area contributed by atoms with Crippen LogP contribution in [0.4, 0.5) is 5.69 Å². The Hall–Kier alpha value is -1.30. The number of carbonyl (C=O) groups excluding carboxylic acids is 2. The number of anilines is 1. The molecule has 5 nitrogen and oxygen atoms in total. The quantitative estimate of drug-likeness (QED) is 0.786. The number of amides is 2. The molecule has 128 valence electrons. The van der Waals surface area contributed by atoms with Crippen LogP contribution in [0.5, 0.6) is 0 Å². The Labute approximate surface area is 147 Å². The summed E-state index contributed by atoms with van der Waals surface area (Å²) in [5.74, 6) is 0.0360. The van der Waals surface area contributed by atoms with Crippen LogP contribution < -0.4 is 10.6 Å². The molecule has 1 aromatic carbocycles. The highest BCUT2D eigenvalue weighted by atomic mass is 35.5. The van der Waals surface area contributed by atoms with Gasteiger partial charge >= 0.3 is 0 Å². The van der Waals surface area contributed by atoms with E-state index in [2.05, 4.69) is 10.6 Å². The van der Waals surface area contributed by atoms with Crippen LogP contribution in [0, 0.1) is 5.92 Å². The van der Waals surface area contributed by atoms with Gasteiger partial charge in [-0.1, -0.05) is 37.0 Å². The second kappa shape index (κ2) is 9.11. The van der Waals surface area contributed by atoms with E-state index in [-0.39, 0.29) is 30.9 Å². The Bertz CT molecular complexity index is 564. The summed E-state index contributed by atoms with van der Waals surface area (Å²) in [6, 6.07) is 4.97. The number of likely N-dealkylation sites (N-methyl/N-ethyl adjacent to an activating group) is 1. The van der Waals surface area contributed by atoms with Gasteiger partial charge in [-0.3, -0.25) is 14.5 Å². The molecule has 1 aromatic rings. The summed E-state index contributed by atoms with van der Waals surface area (Å²) in [4.78, 5) is 25.5. The zero-order chi connectivity index (χ0) is 17.6. The molecule has 2 amide bonds. The predicted octanol–water partition coefficient (Wildman–Crippen LogP) is 3.02. The molecular weight excluding hydrogens is 337 g/mol. The lowest BCUT2D eigenvalue weighted by molar-refractivity contribution is -0.123. The Balaban J connectivity index is 2.44. The largest absolute Gasteiger partial charge is 0.352 e. The Morgan fingerprint density at radius 2 is 1.70 bits per heavy atom. The Morgan fingerprint density at radius 3 is 2.26 bits per heavy atom. The number of rotatable bonds is 7. The summed E-state index contributed by atoms with van der Waals surface area (Å²) in [5, 5.41) is 6.42. The van der Waals surface area contributed by atoms with Crippen LogP contribution >= 0.6 is 23.2 Å². The summed E-state index contributed by atoms with van der Waals surface area (Å²) in [6.45, 7) is 6.30. The first kappa shape index (κ1) is 19.7. The van der Waals surface area contributed by atoms with Crippen molar-refractivity contribution in [1.29, 1.82) is 0 Å². The fourth-order valence-electron chi connectivity index (χ4n) is 1.79. The molecule has 0 saturated heterocycles. The van der Waals surface area contributed by atoms with Crippen molar-refractivity contribution in [2.45, 2.75) is 26.8 Å². The first-order valence-electron chi connectivity index (χ1n) is 7.42. The molecule has 1 rings (SSSR count). The first-order chi connectivity index (χ1) is 10.7. The van der Waals surface area contributed by atoms with Crippen molar-refractivity contribution >= 4 is 40.7 Å². The molecule has 2 N–H and O–H groups in total. The van der Waals surface area contributed by atoms with Gasteiger partial charge in [-0.15, -0.1) is 0 Å². The average Bonchev–Trinajstić information content (AvgIpc) is 2.42. The highest BCUT2D eigenvalue weighted by Crippen LogP contribution is 2.24. The molecule has 1 atom stereocenters. The van der Waals surface area contributed by atoms with E-state index in [1.807, 2.05) is 20.8 Å². The molecule has 0 saturated carbocycles. The zero-order valence-corrected chi connectivity index (χ0v) is 15.3. The van der Waals surface area contributed by atoms with Gasteiger partial charge in [-0.05, 0) is 38.1 Å². The average molecular weight is 360 g/mol. The molecular formula is C16H23Cl2N3O2. The number of hydrogen-bond donors (Lipinski definition) is 2. The van der Waals surface area contributed by atoms with Crippen molar-refractivity contribution in [3.8, 4) is 0 Å². The lowest BCUT2D eigenvalue weighted by Crippen LogP contribution is -2.43. The fourth-order valence-corrected chi connectivity index (χ4v) is 2.08. The normalized spacial score (nSPS) is 12.3. The minimum Gasteiger partial charge on any atom is -0.352 e. The van der Waals surface area contributed by atoms with E-state index in [1.54, 1.807) is 30.1 Å². The highest BCUT2D eigenvalue weighted by Gasteiger charge is 2.14. The van der Waals surface area contributed by atoms with E-state index in [1.165, 1.54) is 0 Å². The van der Waals surface area contributed by atoms with Gasteiger partial charge in [0.2, 0.25) is 11.8 Å². The van der Waals surface area contributed by atoms with Gasteiger partial charge < -0.3 is 10.6 Å². The molecule has 0 fully saturated rings. The first-order valence-corrected chi connectivity index (χ1v) is 8.17. The third-order valence-corrected chi connectivity index (χ3v) is 4.16. The van der Waals surface area contributed by atoms with Crippen molar-refractivity contribution in [2.75, 3.05) is 25.5 Å². The van der Waals surface area contributed by atoms with E-state index in [0.717, 1.165) is 0 Å². The summed E-state index contributed by atoms with van der Waals surface area (Å²) in [6.07, 6.45) is 0. The summed E-state index contributed by atoms with van der Waals surface area (Å²) in [5.41, 5.74) is 0.565. The van der Waals surface area contributed by atoms with Crippen molar-refractivity contribution in [1.82, 2.24) is 10.2 Å². The van der Waals surface area contributed by atoms with Crippen LogP contribution in [0.2, 0.25) is 10.0 Å². The Morgan fingerprint density at radius 1 is 1.09 bits per heavy atom. The van der Waals surface area contributed by atoms with Crippen molar-refractivity contribution in [2.24, 2.45) is 5.92 Å². The van der Waals surface area contributed by atoms with Gasteiger partial charge in [-0.25, -0.2) is 0 Å². The number of hydrogen-bond acceptors (Lipinski definition) is 3. The molecule has 0 aliphatic rings. The molecule has 0 spiro atoms. The highest BCUT2D eigenvalue weighted by molar-refractivity contribution is 6.42. The SMILES string of the molecule is CC(C)[C@H](C)NC(=O)CN(C)CC(=O)Nc1ccc(Cl)c(Cl)c1. The van der Waals surface area contributed by atoms with E-state index in [9.17, 15) is 9.59 Å². The molecule has 0 bridgehead atoms. The minimum absolute atomic E-state index is 0.0981. The van der Waals surface area contributed by atoms with Crippen molar-refractivity contribution < 1.29 is 9.59 Å². The topological polar surface area (TPSA) is 61.4 Å². The van der Waals surface area contributed by atoms with Crippen LogP contribution in [0.15, 0.2) is 18.2 Å². The van der Waals surface area contributed by atoms with Gasteiger partial charge in [0.05, 0.1) is 23.1 Å². The smallest absolute Gasteiger partial charge is 0.238 e. The molecule has 0 unspecified atom stereocenters. The predicted molar refractivity (Wildman–Crippen MR) is 95.0 cm³/mol. The van der Waals surface area contributed by atoms with E-state index >= 15 is 0 Å². The van der Waals surface area contributed by atoms with Crippen LogP contribution in [-0.2, 0) is 9.59 Å². The summed E-state index contributed by atoms with van der Waals surface area (Å²) >= 11 is 11.7. The second-order valence-corrected chi connectivity index (χ2v) is 6.76. The van der Waals surface area contributed by atoms with Gasteiger partial charge in [0.1, 0.15) is 0 Å². The number of carbonyl (C=O) groups is 2. The van der Waals surface area contributed by atoms with Crippen LogP contribution in [0.3, 0.4) is 0 Å². The van der Waals surface area contributed by atoms with Gasteiger partial charge in [-0.2, -0.15) is 0 Å². The number of nitrogens with one attached hydrogen (secondary N) is 2. The maximum Gasteiger partial charge on any atom is 0.238 e. The molecule has 0 radical (unpaired) electrons. The molecule has 7 heteroatoms. The third kappa shape index (κ3) is 7.20. The summed E-state index contributed by atoms with van der Waals surface area (Å²) < 4.78 is 0. The van der Waals surface area contributed by atoms with Crippen molar-refractivity contribution in [3.63, 3.8) is 0 Å². The third-order valence-electron chi connectivity index (χ3n) is 3.42. The monoisotopic (exact) mass is 359 g/mol. The van der Waals surface area contributed by atoms with Crippen molar-refractivity contribution in [3.05, 3.63) is 28.2 Å². The second-order valence-electron chi connectivity index (χ2n) is 5.95. The maximum absolute atomic E-state index is 12.0.